The van der Waals surface area contributed by atoms with Gasteiger partial charge in [-0.15, -0.1) is 11.3 Å². The third-order valence-corrected chi connectivity index (χ3v) is 6.91. The first-order valence-corrected chi connectivity index (χ1v) is 12.0. The van der Waals surface area contributed by atoms with Gasteiger partial charge in [0.1, 0.15) is 36.2 Å². The number of halogens is 6. The topological polar surface area (TPSA) is 77.3 Å². The van der Waals surface area contributed by atoms with Gasteiger partial charge in [0, 0.05) is 24.4 Å². The van der Waals surface area contributed by atoms with Crippen LogP contribution < -0.4 is 0 Å². The van der Waals surface area contributed by atoms with E-state index in [0.29, 0.717) is 28.6 Å². The number of thiazole rings is 1. The number of rotatable bonds is 8. The lowest BCUT2D eigenvalue weighted by atomic mass is 9.97. The summed E-state index contributed by atoms with van der Waals surface area (Å²) in [5, 5.41) is 5.52. The third-order valence-electron chi connectivity index (χ3n) is 5.90. The fourth-order valence-corrected chi connectivity index (χ4v) is 4.88. The molecule has 1 fully saturated rings. The van der Waals surface area contributed by atoms with Crippen LogP contribution in [0.15, 0.2) is 29.6 Å². The first-order valence-electron chi connectivity index (χ1n) is 11.1. The summed E-state index contributed by atoms with van der Waals surface area (Å²) >= 11 is 1.20. The van der Waals surface area contributed by atoms with Crippen LogP contribution in [-0.4, -0.2) is 44.6 Å². The molecule has 1 aliphatic heterocycles. The summed E-state index contributed by atoms with van der Waals surface area (Å²) in [7, 11) is 0. The second kappa shape index (κ2) is 11.3. The molecule has 0 unspecified atom stereocenters. The van der Waals surface area contributed by atoms with Crippen LogP contribution in [0.4, 0.5) is 26.3 Å². The smallest absolute Gasteiger partial charge is 0.358 e. The van der Waals surface area contributed by atoms with E-state index in [-0.39, 0.29) is 30.3 Å². The van der Waals surface area contributed by atoms with E-state index in [1.165, 1.54) is 27.7 Å². The number of benzene rings is 1. The van der Waals surface area contributed by atoms with Crippen LogP contribution in [0.25, 0.3) is 0 Å². The molecule has 2 aromatic heterocycles. The molecule has 0 N–H and O–H groups in total. The van der Waals surface area contributed by atoms with Gasteiger partial charge >= 0.3 is 5.97 Å². The second-order valence-electron chi connectivity index (χ2n) is 8.26. The van der Waals surface area contributed by atoms with Gasteiger partial charge in [-0.1, -0.05) is 6.07 Å². The summed E-state index contributed by atoms with van der Waals surface area (Å²) in [6, 6.07) is 3.89. The minimum Gasteiger partial charge on any atom is -0.456 e. The van der Waals surface area contributed by atoms with Crippen molar-refractivity contribution in [3.05, 3.63) is 68.9 Å². The quantitative estimate of drug-likeness (QED) is 0.285. The second-order valence-corrected chi connectivity index (χ2v) is 9.15. The number of nitrogens with zero attached hydrogens (tertiary/aromatic N) is 4. The van der Waals surface area contributed by atoms with Crippen molar-refractivity contribution in [1.82, 2.24) is 19.7 Å². The normalized spacial score (nSPS) is 14.5. The van der Waals surface area contributed by atoms with E-state index < -0.39 is 60.9 Å². The fourth-order valence-electron chi connectivity index (χ4n) is 3.92. The van der Waals surface area contributed by atoms with E-state index in [4.69, 9.17) is 4.74 Å². The Morgan fingerprint density at radius 2 is 1.76 bits per heavy atom. The maximum absolute atomic E-state index is 13.7. The van der Waals surface area contributed by atoms with Gasteiger partial charge in [0.25, 0.3) is 12.9 Å². The first-order chi connectivity index (χ1) is 17.6. The SMILES string of the molecule is O=C(OCc1c(F)cccc1F)c1csc(C2CCN(C(=O)Cn3nc(C(F)F)cc3C(F)F)CC2)n1. The minimum absolute atomic E-state index is 0.0108. The van der Waals surface area contributed by atoms with E-state index in [2.05, 4.69) is 10.1 Å². The van der Waals surface area contributed by atoms with Crippen LogP contribution in [0.5, 0.6) is 0 Å². The zero-order valence-corrected chi connectivity index (χ0v) is 19.9. The number of aromatic nitrogens is 3. The summed E-state index contributed by atoms with van der Waals surface area (Å²) in [4.78, 5) is 30.6. The Hall–Kier alpha value is -3.42. The number of likely N-dealkylation sites (tertiary alicyclic amines) is 1. The Kier molecular flexibility index (Phi) is 8.15. The highest BCUT2D eigenvalue weighted by molar-refractivity contribution is 7.09. The van der Waals surface area contributed by atoms with Crippen LogP contribution in [0.1, 0.15) is 64.1 Å². The molecule has 3 aromatic rings. The predicted octanol–water partition coefficient (Wildman–Crippen LogP) is 5.26. The number of hydrogen-bond donors (Lipinski definition) is 0. The Balaban J connectivity index is 1.31. The van der Waals surface area contributed by atoms with Crippen LogP contribution in [0, 0.1) is 11.6 Å². The fraction of sp³-hybridized carbons (Fsp3) is 0.391. The van der Waals surface area contributed by atoms with Crippen molar-refractivity contribution in [2.45, 2.75) is 44.8 Å². The summed E-state index contributed by atoms with van der Waals surface area (Å²) in [5.41, 5.74) is -1.95. The molecule has 0 aliphatic carbocycles. The number of hydrogen-bond acceptors (Lipinski definition) is 6. The van der Waals surface area contributed by atoms with Gasteiger partial charge in [-0.05, 0) is 31.0 Å². The van der Waals surface area contributed by atoms with Crippen LogP contribution >= 0.6 is 11.3 Å². The standard InChI is InChI=1S/C23H20F6N4O3S/c24-14-2-1-3-15(25)13(14)10-36-23(35)17-11-37-22(30-17)12-4-6-32(7-5-12)19(34)9-33-18(21(28)29)8-16(31-33)20(26)27/h1-3,8,11-12,20-21H,4-7,9-10H2. The van der Waals surface area contributed by atoms with Crippen molar-refractivity contribution in [2.24, 2.45) is 0 Å². The average molecular weight is 546 g/mol. The molecule has 0 atom stereocenters. The maximum atomic E-state index is 13.7. The van der Waals surface area contributed by atoms with Gasteiger partial charge in [-0.3, -0.25) is 9.48 Å². The van der Waals surface area contributed by atoms with E-state index in [1.54, 1.807) is 0 Å². The van der Waals surface area contributed by atoms with Crippen molar-refractivity contribution in [1.29, 1.82) is 0 Å². The number of alkyl halides is 4. The van der Waals surface area contributed by atoms with Gasteiger partial charge in [-0.25, -0.2) is 36.1 Å². The summed E-state index contributed by atoms with van der Waals surface area (Å²) in [5.74, 6) is -3.13. The summed E-state index contributed by atoms with van der Waals surface area (Å²) < 4.78 is 85.0. The van der Waals surface area contributed by atoms with Gasteiger partial charge in [0.05, 0.1) is 10.6 Å². The zero-order chi connectivity index (χ0) is 26.7. The van der Waals surface area contributed by atoms with E-state index >= 15 is 0 Å². The highest BCUT2D eigenvalue weighted by Gasteiger charge is 2.29. The molecule has 1 amide bonds. The number of carbonyl (C=O) groups excluding carboxylic acids is 2. The van der Waals surface area contributed by atoms with E-state index in [9.17, 15) is 35.9 Å². The van der Waals surface area contributed by atoms with E-state index in [0.717, 1.165) is 12.1 Å². The van der Waals surface area contributed by atoms with Crippen LogP contribution in [0.3, 0.4) is 0 Å². The van der Waals surface area contributed by atoms with Crippen LogP contribution in [0.2, 0.25) is 0 Å². The zero-order valence-electron chi connectivity index (χ0n) is 19.1. The van der Waals surface area contributed by atoms with E-state index in [1.807, 2.05) is 0 Å². The lowest BCUT2D eigenvalue weighted by Gasteiger charge is -2.31. The summed E-state index contributed by atoms with van der Waals surface area (Å²) in [6.07, 6.45) is -5.16. The molecule has 1 aromatic carbocycles. The molecule has 14 heteroatoms. The molecule has 3 heterocycles. The number of esters is 1. The molecule has 0 spiro atoms. The van der Waals surface area contributed by atoms with Gasteiger partial charge in [0.2, 0.25) is 5.91 Å². The molecule has 37 heavy (non-hydrogen) atoms. The van der Waals surface area contributed by atoms with Crippen LogP contribution in [-0.2, 0) is 22.7 Å². The monoisotopic (exact) mass is 546 g/mol. The Morgan fingerprint density at radius 1 is 1.08 bits per heavy atom. The predicted molar refractivity (Wildman–Crippen MR) is 118 cm³/mol. The molecule has 4 rings (SSSR count). The number of piperidine rings is 1. The highest BCUT2D eigenvalue weighted by atomic mass is 32.1. The molecule has 0 bridgehead atoms. The number of ether oxygens (including phenoxy) is 1. The van der Waals surface area contributed by atoms with Crippen molar-refractivity contribution in [3.63, 3.8) is 0 Å². The highest BCUT2D eigenvalue weighted by Crippen LogP contribution is 2.31. The Morgan fingerprint density at radius 3 is 2.38 bits per heavy atom. The largest absolute Gasteiger partial charge is 0.456 e. The Bertz CT molecular complexity index is 1250. The first kappa shape index (κ1) is 26.6. The number of carbonyl (C=O) groups is 2. The van der Waals surface area contributed by atoms with Crippen molar-refractivity contribution < 1.29 is 40.7 Å². The van der Waals surface area contributed by atoms with Gasteiger partial charge in [0.15, 0.2) is 5.69 Å². The molecule has 1 saturated heterocycles. The molecular formula is C23H20F6N4O3S. The third kappa shape index (κ3) is 6.12. The van der Waals surface area contributed by atoms with Crippen molar-refractivity contribution in [3.8, 4) is 0 Å². The summed E-state index contributed by atoms with van der Waals surface area (Å²) in [6.45, 7) is -0.648. The molecule has 7 nitrogen and oxygen atoms in total. The number of amides is 1. The molecule has 198 valence electrons. The van der Waals surface area contributed by atoms with Gasteiger partial charge < -0.3 is 9.64 Å². The van der Waals surface area contributed by atoms with Crippen molar-refractivity contribution >= 4 is 23.2 Å². The molecule has 0 radical (unpaired) electrons. The average Bonchev–Trinajstić information content (AvgIpc) is 3.52. The minimum atomic E-state index is -3.06. The van der Waals surface area contributed by atoms with Crippen molar-refractivity contribution in [2.75, 3.05) is 13.1 Å². The maximum Gasteiger partial charge on any atom is 0.358 e. The molecular weight excluding hydrogens is 526 g/mol. The lowest BCUT2D eigenvalue weighted by molar-refractivity contribution is -0.133. The molecule has 1 aliphatic rings. The molecule has 0 saturated carbocycles. The van der Waals surface area contributed by atoms with Gasteiger partial charge in [-0.2, -0.15) is 5.10 Å². The Labute approximate surface area is 210 Å². The lowest BCUT2D eigenvalue weighted by Crippen LogP contribution is -2.40.